The van der Waals surface area contributed by atoms with Gasteiger partial charge in [-0.3, -0.25) is 4.79 Å². The summed E-state index contributed by atoms with van der Waals surface area (Å²) in [5.41, 5.74) is 1.64. The van der Waals surface area contributed by atoms with Crippen molar-refractivity contribution in [2.45, 2.75) is 6.42 Å². The van der Waals surface area contributed by atoms with E-state index >= 15 is 0 Å². The van der Waals surface area contributed by atoms with Crippen LogP contribution in [0.4, 0.5) is 4.39 Å². The lowest BCUT2D eigenvalue weighted by molar-refractivity contribution is -0.128. The van der Waals surface area contributed by atoms with Gasteiger partial charge in [-0.15, -0.1) is 0 Å². The minimum atomic E-state index is -0.295. The monoisotopic (exact) mass is 285 g/mol. The molecule has 2 aromatic rings. The summed E-state index contributed by atoms with van der Waals surface area (Å²) in [6.07, 6.45) is 0.585. The average molecular weight is 286 g/mol. The Labute approximate surface area is 99.7 Å². The molecular formula is C11H9BrFNO2. The molecule has 0 radical (unpaired) electrons. The van der Waals surface area contributed by atoms with Crippen molar-refractivity contribution in [1.82, 2.24) is 4.98 Å². The highest BCUT2D eigenvalue weighted by atomic mass is 79.9. The summed E-state index contributed by atoms with van der Waals surface area (Å²) < 4.78 is 18.4. The zero-order chi connectivity index (χ0) is 11.5. The number of carbonyl (C=O) groups is 1. The highest BCUT2D eigenvalue weighted by Gasteiger charge is 2.06. The van der Waals surface area contributed by atoms with E-state index in [9.17, 15) is 9.18 Å². The van der Waals surface area contributed by atoms with Gasteiger partial charge >= 0.3 is 0 Å². The van der Waals surface area contributed by atoms with Crippen LogP contribution in [-0.2, 0) is 16.0 Å². The third-order valence-corrected chi connectivity index (χ3v) is 2.92. The highest BCUT2D eigenvalue weighted by molar-refractivity contribution is 9.10. The van der Waals surface area contributed by atoms with Gasteiger partial charge in [-0.25, -0.2) is 4.39 Å². The first-order valence-electron chi connectivity index (χ1n) is 4.72. The molecule has 0 spiro atoms. The van der Waals surface area contributed by atoms with Crippen LogP contribution in [0, 0.1) is 5.82 Å². The van der Waals surface area contributed by atoms with Crippen LogP contribution in [0.3, 0.4) is 0 Å². The van der Waals surface area contributed by atoms with Crippen LogP contribution >= 0.6 is 15.9 Å². The standard InChI is InChI=1S/C11H9BrFNO2/c12-10-3-7(13)4-11-9(10)5-8(14-11)1-2-16-6-15/h3-6,14H,1-2H2. The molecule has 0 saturated carbocycles. The topological polar surface area (TPSA) is 42.1 Å². The molecular weight excluding hydrogens is 277 g/mol. The first kappa shape index (κ1) is 11.1. The van der Waals surface area contributed by atoms with Crippen molar-refractivity contribution >= 4 is 33.3 Å². The molecule has 84 valence electrons. The van der Waals surface area contributed by atoms with Gasteiger partial charge in [0.1, 0.15) is 5.82 Å². The van der Waals surface area contributed by atoms with E-state index in [1.165, 1.54) is 12.1 Å². The smallest absolute Gasteiger partial charge is 0.293 e. The molecule has 16 heavy (non-hydrogen) atoms. The molecule has 0 aliphatic rings. The van der Waals surface area contributed by atoms with Gasteiger partial charge in [0.15, 0.2) is 0 Å². The lowest BCUT2D eigenvalue weighted by Gasteiger charge is -1.95. The molecule has 0 aliphatic carbocycles. The molecule has 3 nitrogen and oxygen atoms in total. The van der Waals surface area contributed by atoms with Crippen LogP contribution in [0.5, 0.6) is 0 Å². The Hall–Kier alpha value is -1.36. The molecule has 1 heterocycles. The normalized spacial score (nSPS) is 10.6. The number of hydrogen-bond donors (Lipinski definition) is 1. The number of hydrogen-bond acceptors (Lipinski definition) is 2. The fraction of sp³-hybridized carbons (Fsp3) is 0.182. The van der Waals surface area contributed by atoms with E-state index < -0.39 is 0 Å². The summed E-state index contributed by atoms with van der Waals surface area (Å²) in [5, 5.41) is 0.919. The van der Waals surface area contributed by atoms with Crippen LogP contribution in [0.2, 0.25) is 0 Å². The molecule has 0 fully saturated rings. The van der Waals surface area contributed by atoms with Gasteiger partial charge in [0.2, 0.25) is 0 Å². The highest BCUT2D eigenvalue weighted by Crippen LogP contribution is 2.26. The van der Waals surface area contributed by atoms with Crippen molar-refractivity contribution in [1.29, 1.82) is 0 Å². The van der Waals surface area contributed by atoms with Crippen LogP contribution in [0.25, 0.3) is 10.9 Å². The average Bonchev–Trinajstić information content (AvgIpc) is 2.61. The van der Waals surface area contributed by atoms with Crippen LogP contribution < -0.4 is 0 Å². The molecule has 2 rings (SSSR count). The quantitative estimate of drug-likeness (QED) is 0.693. The molecule has 0 bridgehead atoms. The number of nitrogens with one attached hydrogen (secondary N) is 1. The van der Waals surface area contributed by atoms with E-state index in [0.717, 1.165) is 16.6 Å². The first-order chi connectivity index (χ1) is 7.70. The summed E-state index contributed by atoms with van der Waals surface area (Å²) in [6.45, 7) is 0.731. The summed E-state index contributed by atoms with van der Waals surface area (Å²) in [4.78, 5) is 13.0. The van der Waals surface area contributed by atoms with Crippen LogP contribution in [0.15, 0.2) is 22.7 Å². The number of aromatic nitrogens is 1. The Balaban J connectivity index is 2.29. The molecule has 1 aromatic heterocycles. The summed E-state index contributed by atoms with van der Waals surface area (Å²) >= 11 is 3.30. The van der Waals surface area contributed by atoms with Gasteiger partial charge in [0.25, 0.3) is 6.47 Å². The van der Waals surface area contributed by atoms with Crippen molar-refractivity contribution in [2.24, 2.45) is 0 Å². The number of benzene rings is 1. The Kier molecular flexibility index (Phi) is 3.24. The zero-order valence-electron chi connectivity index (χ0n) is 8.30. The summed E-state index contributed by atoms with van der Waals surface area (Å²) in [5.74, 6) is -0.295. The first-order valence-corrected chi connectivity index (χ1v) is 5.52. The molecule has 1 aromatic carbocycles. The van der Waals surface area contributed by atoms with Gasteiger partial charge in [-0.05, 0) is 34.1 Å². The maximum Gasteiger partial charge on any atom is 0.293 e. The van der Waals surface area contributed by atoms with Crippen LogP contribution in [0.1, 0.15) is 5.69 Å². The molecule has 1 N–H and O–H groups in total. The summed E-state index contributed by atoms with van der Waals surface area (Å²) in [6, 6.07) is 4.76. The predicted octanol–water partition coefficient (Wildman–Crippen LogP) is 2.79. The van der Waals surface area contributed by atoms with Gasteiger partial charge in [0.05, 0.1) is 6.61 Å². The zero-order valence-corrected chi connectivity index (χ0v) is 9.88. The number of ether oxygens (including phenoxy) is 1. The predicted molar refractivity (Wildman–Crippen MR) is 61.7 cm³/mol. The second-order valence-corrected chi connectivity index (χ2v) is 4.21. The van der Waals surface area contributed by atoms with Gasteiger partial charge in [-0.1, -0.05) is 0 Å². The molecule has 0 amide bonds. The third-order valence-electron chi connectivity index (χ3n) is 2.27. The SMILES string of the molecule is O=COCCc1cc2c(Br)cc(F)cc2[nH]1. The molecule has 0 aliphatic heterocycles. The van der Waals surface area contributed by atoms with E-state index in [2.05, 4.69) is 25.7 Å². The fourth-order valence-corrected chi connectivity index (χ4v) is 2.12. The molecule has 0 unspecified atom stereocenters. The maximum atomic E-state index is 13.1. The van der Waals surface area contributed by atoms with Gasteiger partial charge < -0.3 is 9.72 Å². The van der Waals surface area contributed by atoms with Gasteiger partial charge in [-0.2, -0.15) is 0 Å². The van der Waals surface area contributed by atoms with Crippen molar-refractivity contribution in [3.05, 3.63) is 34.2 Å². The molecule has 5 heteroatoms. The van der Waals surface area contributed by atoms with E-state index in [1.807, 2.05) is 6.07 Å². The van der Waals surface area contributed by atoms with Gasteiger partial charge in [0, 0.05) is 27.5 Å². The molecule has 0 saturated heterocycles. The Morgan fingerprint density at radius 3 is 3.00 bits per heavy atom. The summed E-state index contributed by atoms with van der Waals surface area (Å²) in [7, 11) is 0. The largest absolute Gasteiger partial charge is 0.467 e. The minimum absolute atomic E-state index is 0.295. The second-order valence-electron chi connectivity index (χ2n) is 3.36. The lowest BCUT2D eigenvalue weighted by atomic mass is 10.2. The fourth-order valence-electron chi connectivity index (χ4n) is 1.57. The number of fused-ring (bicyclic) bond motifs is 1. The van der Waals surface area contributed by atoms with Crippen molar-refractivity contribution in [3.63, 3.8) is 0 Å². The van der Waals surface area contributed by atoms with E-state index in [-0.39, 0.29) is 5.82 Å². The van der Waals surface area contributed by atoms with Crippen LogP contribution in [-0.4, -0.2) is 18.1 Å². The number of carbonyl (C=O) groups excluding carboxylic acids is 1. The van der Waals surface area contributed by atoms with Crippen molar-refractivity contribution < 1.29 is 13.9 Å². The number of H-pyrrole nitrogens is 1. The maximum absolute atomic E-state index is 13.1. The number of aromatic amines is 1. The molecule has 0 atom stereocenters. The Bertz CT molecular complexity index is 524. The van der Waals surface area contributed by atoms with E-state index in [4.69, 9.17) is 0 Å². The number of halogens is 2. The van der Waals surface area contributed by atoms with E-state index in [1.54, 1.807) is 0 Å². The second kappa shape index (κ2) is 4.65. The number of rotatable bonds is 4. The lowest BCUT2D eigenvalue weighted by Crippen LogP contribution is -1.96. The van der Waals surface area contributed by atoms with Crippen molar-refractivity contribution in [3.8, 4) is 0 Å². The van der Waals surface area contributed by atoms with E-state index in [0.29, 0.717) is 24.0 Å². The van der Waals surface area contributed by atoms with Crippen molar-refractivity contribution in [2.75, 3.05) is 6.61 Å². The third kappa shape index (κ3) is 2.24. The minimum Gasteiger partial charge on any atom is -0.467 e. The Morgan fingerprint density at radius 2 is 2.25 bits per heavy atom. The Morgan fingerprint density at radius 1 is 1.44 bits per heavy atom.